The molecular weight excluding hydrogens is 543 g/mol. The minimum Gasteiger partial charge on any atom is -0.477 e. The fourth-order valence-electron chi connectivity index (χ4n) is 5.48. The second-order valence-corrected chi connectivity index (χ2v) is 12.2. The van der Waals surface area contributed by atoms with Gasteiger partial charge in [-0.25, -0.2) is 9.67 Å². The number of nitrogens with zero attached hydrogens (tertiary/aromatic N) is 5. The number of pyridine rings is 1. The van der Waals surface area contributed by atoms with E-state index in [1.54, 1.807) is 30.6 Å². The molecule has 2 aromatic rings. The summed E-state index contributed by atoms with van der Waals surface area (Å²) in [6, 6.07) is 5.00. The topological polar surface area (TPSA) is 111 Å². The molecule has 3 N–H and O–H groups in total. The van der Waals surface area contributed by atoms with Gasteiger partial charge in [0.15, 0.2) is 5.82 Å². The number of halogens is 3. The molecule has 216 valence electrons. The number of nitrogens with two attached hydrogens (primary N) is 1. The molecule has 2 bridgehead atoms. The predicted octanol–water partition coefficient (Wildman–Crippen LogP) is 5.03. The summed E-state index contributed by atoms with van der Waals surface area (Å²) in [5, 5.41) is 4.39. The molecule has 9 nitrogen and oxygen atoms in total. The molecule has 2 fully saturated rings. The van der Waals surface area contributed by atoms with Crippen LogP contribution in [0.2, 0.25) is 0 Å². The smallest absolute Gasteiger partial charge is 0.394 e. The molecule has 1 saturated carbocycles. The van der Waals surface area contributed by atoms with Crippen molar-refractivity contribution in [2.45, 2.75) is 64.1 Å². The lowest BCUT2D eigenvalue weighted by Crippen LogP contribution is -2.40. The van der Waals surface area contributed by atoms with Crippen molar-refractivity contribution in [1.82, 2.24) is 19.5 Å². The molecule has 3 aliphatic rings. The molecule has 0 aromatic carbocycles. The highest BCUT2D eigenvalue weighted by molar-refractivity contribution is 8.02. The lowest BCUT2D eigenvalue weighted by molar-refractivity contribution is -0.190. The van der Waals surface area contributed by atoms with Crippen LogP contribution in [0.25, 0.3) is 5.82 Å². The lowest BCUT2D eigenvalue weighted by Gasteiger charge is -2.34. The maximum Gasteiger partial charge on any atom is 0.394 e. The molecule has 5 rings (SSSR count). The lowest BCUT2D eigenvalue weighted by atomic mass is 9.93. The number of ether oxygens (including phenoxy) is 1. The van der Waals surface area contributed by atoms with Crippen LogP contribution >= 0.6 is 11.9 Å². The summed E-state index contributed by atoms with van der Waals surface area (Å²) < 4.78 is 49.6. The predicted molar refractivity (Wildman–Crippen MR) is 149 cm³/mol. The zero-order valence-corrected chi connectivity index (χ0v) is 23.4. The van der Waals surface area contributed by atoms with Crippen molar-refractivity contribution in [3.8, 4) is 11.7 Å². The number of rotatable bonds is 5. The van der Waals surface area contributed by atoms with Crippen molar-refractivity contribution < 1.29 is 22.7 Å². The maximum atomic E-state index is 13.3. The van der Waals surface area contributed by atoms with E-state index in [-0.39, 0.29) is 43.2 Å². The highest BCUT2D eigenvalue weighted by atomic mass is 32.2. The fraction of sp³-hybridized carbons (Fsp3) is 0.556. The Morgan fingerprint density at radius 3 is 2.80 bits per heavy atom. The molecule has 1 unspecified atom stereocenters. The number of hydrogen-bond donors (Lipinski definition) is 2. The van der Waals surface area contributed by atoms with Gasteiger partial charge < -0.3 is 15.4 Å². The van der Waals surface area contributed by atoms with Gasteiger partial charge in [0.05, 0.1) is 22.5 Å². The second kappa shape index (κ2) is 11.0. The number of alkyl halides is 3. The fourth-order valence-corrected chi connectivity index (χ4v) is 6.00. The molecule has 40 heavy (non-hydrogen) atoms. The van der Waals surface area contributed by atoms with Crippen molar-refractivity contribution >= 4 is 29.9 Å². The van der Waals surface area contributed by atoms with E-state index in [1.165, 1.54) is 10.9 Å². The van der Waals surface area contributed by atoms with Crippen LogP contribution in [0.4, 0.5) is 19.0 Å². The Bertz CT molecular complexity index is 1300. The number of carbonyl (C=O) groups is 1. The highest BCUT2D eigenvalue weighted by Gasteiger charge is 2.62. The van der Waals surface area contributed by atoms with Crippen LogP contribution in [0, 0.1) is 11.3 Å². The Balaban J connectivity index is 1.39. The van der Waals surface area contributed by atoms with Gasteiger partial charge >= 0.3 is 6.18 Å². The number of allylic oxidation sites excluding steroid dienone is 1. The third-order valence-electron chi connectivity index (χ3n) is 7.95. The quantitative estimate of drug-likeness (QED) is 0.480. The van der Waals surface area contributed by atoms with Crippen LogP contribution in [0.1, 0.15) is 62.7 Å². The second-order valence-electron chi connectivity index (χ2n) is 11.3. The molecule has 2 aliphatic heterocycles. The van der Waals surface area contributed by atoms with Crippen LogP contribution in [0.3, 0.4) is 0 Å². The first-order valence-electron chi connectivity index (χ1n) is 13.4. The van der Waals surface area contributed by atoms with E-state index in [9.17, 15) is 18.0 Å². The SMILES string of the molecule is CC1(C)CC2CCCN=C/C(=C\N)SNC(=O)c3ccc(-n4ccc(OCCC5(C(F)(F)F)CC5)n4)nc3N1C2. The van der Waals surface area contributed by atoms with Crippen molar-refractivity contribution in [1.29, 1.82) is 0 Å². The Morgan fingerprint density at radius 2 is 2.08 bits per heavy atom. The molecule has 13 heteroatoms. The van der Waals surface area contributed by atoms with E-state index < -0.39 is 11.6 Å². The largest absolute Gasteiger partial charge is 0.477 e. The van der Waals surface area contributed by atoms with Gasteiger partial charge in [-0.1, -0.05) is 0 Å². The summed E-state index contributed by atoms with van der Waals surface area (Å²) in [6.07, 6.45) is 3.61. The molecule has 1 amide bonds. The Kier molecular flexibility index (Phi) is 7.77. The first-order valence-corrected chi connectivity index (χ1v) is 14.3. The van der Waals surface area contributed by atoms with Gasteiger partial charge in [0, 0.05) is 43.3 Å². The standard InChI is InChI=1S/C27H34F3N7O2S/c1-25(2)14-18-4-3-11-32-16-19(15-31)40-35-24(38)20-5-6-21(33-23(20)36(25)17-18)37-12-7-22(34-37)39-13-10-26(8-9-26)27(28,29)30/h5-7,12,15-16,18H,3-4,8-11,13-14,17,31H2,1-2H3,(H,35,38)/b19-15+,32-16?. The van der Waals surface area contributed by atoms with Gasteiger partial charge in [-0.3, -0.25) is 14.5 Å². The zero-order valence-electron chi connectivity index (χ0n) is 22.6. The van der Waals surface area contributed by atoms with E-state index in [0.29, 0.717) is 34.6 Å². The van der Waals surface area contributed by atoms with Crippen molar-refractivity contribution in [3.05, 3.63) is 41.1 Å². The Labute approximate surface area is 235 Å². The third kappa shape index (κ3) is 5.93. The number of nitrogens with one attached hydrogen (secondary N) is 1. The molecule has 0 spiro atoms. The Morgan fingerprint density at radius 1 is 1.27 bits per heavy atom. The Hall–Kier alpha value is -3.22. The summed E-state index contributed by atoms with van der Waals surface area (Å²) in [5.41, 5.74) is 4.28. The summed E-state index contributed by atoms with van der Waals surface area (Å²) in [5.74, 6) is 1.35. The van der Waals surface area contributed by atoms with Crippen molar-refractivity contribution in [2.24, 2.45) is 22.1 Å². The summed E-state index contributed by atoms with van der Waals surface area (Å²) in [7, 11) is 0. The van der Waals surface area contributed by atoms with Crippen LogP contribution in [0.15, 0.2) is 40.5 Å². The summed E-state index contributed by atoms with van der Waals surface area (Å²) in [6.45, 7) is 5.67. The van der Waals surface area contributed by atoms with Crippen molar-refractivity contribution in [3.63, 3.8) is 0 Å². The van der Waals surface area contributed by atoms with Gasteiger partial charge in [-0.2, -0.15) is 13.2 Å². The van der Waals surface area contributed by atoms with Gasteiger partial charge in [0.25, 0.3) is 5.91 Å². The number of hydrogen-bond acceptors (Lipinski definition) is 8. The average Bonchev–Trinajstić information content (AvgIpc) is 3.46. The van der Waals surface area contributed by atoms with Gasteiger partial charge in [0.1, 0.15) is 5.82 Å². The minimum absolute atomic E-state index is 0.0702. The van der Waals surface area contributed by atoms with Crippen LogP contribution in [-0.4, -0.2) is 58.3 Å². The van der Waals surface area contributed by atoms with E-state index in [0.717, 1.165) is 37.8 Å². The van der Waals surface area contributed by atoms with Gasteiger partial charge in [-0.05, 0) is 82.4 Å². The highest BCUT2D eigenvalue weighted by Crippen LogP contribution is 2.59. The minimum atomic E-state index is -4.21. The van der Waals surface area contributed by atoms with Gasteiger partial charge in [0.2, 0.25) is 5.88 Å². The number of aliphatic imine (C=N–C) groups is 1. The number of fused-ring (bicyclic) bond motifs is 4. The van der Waals surface area contributed by atoms with Gasteiger partial charge in [-0.15, -0.1) is 5.10 Å². The van der Waals surface area contributed by atoms with Crippen LogP contribution in [0.5, 0.6) is 5.88 Å². The van der Waals surface area contributed by atoms with Crippen LogP contribution < -0.4 is 20.1 Å². The summed E-state index contributed by atoms with van der Waals surface area (Å²) >= 11 is 1.09. The van der Waals surface area contributed by atoms with Crippen LogP contribution in [-0.2, 0) is 0 Å². The zero-order chi connectivity index (χ0) is 28.5. The molecule has 0 radical (unpaired) electrons. The monoisotopic (exact) mass is 577 g/mol. The average molecular weight is 578 g/mol. The normalized spacial score (nSPS) is 23.4. The van der Waals surface area contributed by atoms with Crippen molar-refractivity contribution in [2.75, 3.05) is 24.6 Å². The molecular formula is C27H34F3N7O2S. The van der Waals surface area contributed by atoms with E-state index >= 15 is 0 Å². The van der Waals surface area contributed by atoms with E-state index in [4.69, 9.17) is 15.5 Å². The molecule has 1 atom stereocenters. The number of aromatic nitrogens is 3. The molecule has 2 aromatic heterocycles. The van der Waals surface area contributed by atoms with E-state index in [1.807, 2.05) is 0 Å². The first kappa shape index (κ1) is 28.3. The first-order chi connectivity index (χ1) is 19.0. The number of carbonyl (C=O) groups excluding carboxylic acids is 1. The molecule has 1 saturated heterocycles. The maximum absolute atomic E-state index is 13.3. The molecule has 1 aliphatic carbocycles. The number of anilines is 1. The molecule has 4 heterocycles. The summed E-state index contributed by atoms with van der Waals surface area (Å²) in [4.78, 5) is 25.5. The number of amides is 1. The third-order valence-corrected chi connectivity index (χ3v) is 8.71. The van der Waals surface area contributed by atoms with E-state index in [2.05, 4.69) is 33.6 Å².